The third kappa shape index (κ3) is 2.79. The zero-order chi connectivity index (χ0) is 5.91. The normalized spacial score (nSPS) is 12.9. The van der Waals surface area contributed by atoms with E-state index in [1.165, 1.54) is 0 Å². The first kappa shape index (κ1) is 7.14. The van der Waals surface area contributed by atoms with Gasteiger partial charge in [-0.15, -0.1) is 0 Å². The minimum atomic E-state index is -1.22. The van der Waals surface area contributed by atoms with E-state index in [2.05, 4.69) is 24.0 Å². The molecule has 0 saturated heterocycles. The molecule has 0 unspecified atom stereocenters. The molecule has 7 heavy (non-hydrogen) atoms. The van der Waals surface area contributed by atoms with E-state index in [1.54, 1.807) is 0 Å². The van der Waals surface area contributed by atoms with Crippen molar-refractivity contribution >= 4 is 0 Å². The van der Waals surface area contributed by atoms with Crippen molar-refractivity contribution in [3.05, 3.63) is 22.3 Å². The summed E-state index contributed by atoms with van der Waals surface area (Å²) < 4.78 is 4.05. The average molecular weight is 191 g/mol. The molecule has 0 atom stereocenters. The Balaban J connectivity index is 3.82. The van der Waals surface area contributed by atoms with Gasteiger partial charge in [-0.05, 0) is 0 Å². The molecule has 0 aliphatic carbocycles. The van der Waals surface area contributed by atoms with E-state index in [0.29, 0.717) is 0 Å². The van der Waals surface area contributed by atoms with E-state index >= 15 is 0 Å². The molecular weight excluding hydrogens is 178 g/mol. The zero-order valence-electron chi connectivity index (χ0n) is 4.89. The fourth-order valence-corrected chi connectivity index (χ4v) is 0.312. The molecule has 0 aromatic rings. The molecule has 0 bridgehead atoms. The van der Waals surface area contributed by atoms with E-state index in [9.17, 15) is 0 Å². The van der Waals surface area contributed by atoms with Crippen LogP contribution < -0.4 is 0 Å². The van der Waals surface area contributed by atoms with Crippen LogP contribution in [-0.2, 0) is 15.5 Å². The summed E-state index contributed by atoms with van der Waals surface area (Å²) in [4.78, 5) is 0. The summed E-state index contributed by atoms with van der Waals surface area (Å²) >= 11 is -1.22. The number of hydrogen-bond acceptors (Lipinski definition) is 0. The quantitative estimate of drug-likeness (QED) is 0.587. The molecule has 0 amide bonds. The van der Waals surface area contributed by atoms with Crippen molar-refractivity contribution in [1.82, 2.24) is 0 Å². The standard InChI is InChI=1S/2C2H3.2CH3.Pd/c2*1-2;;;/h2*1H,2H2;2*1H3;. The molecule has 0 spiro atoms. The number of hydrogen-bond donors (Lipinski definition) is 0. The Bertz CT molecular complexity index is 72.2. The summed E-state index contributed by atoms with van der Waals surface area (Å²) in [5, 5.41) is 4.42. The van der Waals surface area contributed by atoms with Gasteiger partial charge < -0.3 is 0 Å². The molecule has 0 aromatic heterocycles. The maximum absolute atomic E-state index is 3.70. The molecule has 0 heterocycles. The summed E-state index contributed by atoms with van der Waals surface area (Å²) in [5.74, 6) is 0. The van der Waals surface area contributed by atoms with Crippen LogP contribution in [0.5, 0.6) is 0 Å². The van der Waals surface area contributed by atoms with Crippen LogP contribution in [0.1, 0.15) is 0 Å². The molecule has 1 heteroatoms. The third-order valence-electron chi connectivity index (χ3n) is 0.665. The van der Waals surface area contributed by atoms with Crippen molar-refractivity contribution in [3.63, 3.8) is 0 Å². The van der Waals surface area contributed by atoms with Crippen molar-refractivity contribution in [3.8, 4) is 0 Å². The van der Waals surface area contributed by atoms with Crippen LogP contribution in [0.4, 0.5) is 0 Å². The van der Waals surface area contributed by atoms with Gasteiger partial charge in [-0.3, -0.25) is 0 Å². The van der Waals surface area contributed by atoms with E-state index in [0.717, 1.165) is 0 Å². The zero-order valence-corrected chi connectivity index (χ0v) is 6.44. The summed E-state index contributed by atoms with van der Waals surface area (Å²) in [6, 6.07) is 0. The van der Waals surface area contributed by atoms with Crippen LogP contribution in [0.25, 0.3) is 0 Å². The molecule has 46 valence electrons. The van der Waals surface area contributed by atoms with Gasteiger partial charge >= 0.3 is 48.6 Å². The Kier molecular flexibility index (Phi) is 2.50. The second-order valence-corrected chi connectivity index (χ2v) is 8.34. The van der Waals surface area contributed by atoms with Gasteiger partial charge in [-0.2, -0.15) is 0 Å². The molecular formula is C6H12Pd. The Hall–Kier alpha value is 0.142. The van der Waals surface area contributed by atoms with E-state index < -0.39 is 15.5 Å². The van der Waals surface area contributed by atoms with Crippen LogP contribution in [0.15, 0.2) is 22.3 Å². The van der Waals surface area contributed by atoms with Gasteiger partial charge in [-0.1, -0.05) is 0 Å². The molecule has 0 N–H and O–H groups in total. The Labute approximate surface area is 49.0 Å². The van der Waals surface area contributed by atoms with Crippen LogP contribution >= 0.6 is 0 Å². The van der Waals surface area contributed by atoms with Gasteiger partial charge in [0.2, 0.25) is 0 Å². The molecule has 0 radical (unpaired) electrons. The summed E-state index contributed by atoms with van der Waals surface area (Å²) in [6.07, 6.45) is 0. The Morgan fingerprint density at radius 1 is 1.14 bits per heavy atom. The van der Waals surface area contributed by atoms with Crippen molar-refractivity contribution in [1.29, 1.82) is 0 Å². The van der Waals surface area contributed by atoms with Gasteiger partial charge in [-0.25, -0.2) is 0 Å². The predicted octanol–water partition coefficient (Wildman–Crippen LogP) is 2.52. The van der Waals surface area contributed by atoms with E-state index in [1.807, 2.05) is 9.10 Å². The summed E-state index contributed by atoms with van der Waals surface area (Å²) in [6.45, 7) is 7.40. The van der Waals surface area contributed by atoms with Crippen LogP contribution in [0, 0.1) is 0 Å². The molecule has 0 fully saturated rings. The second-order valence-electron chi connectivity index (χ2n) is 1.41. The molecule has 0 rings (SSSR count). The first-order valence-electron chi connectivity index (χ1n) is 1.81. The fraction of sp³-hybridized carbons (Fsp3) is 0.333. The van der Waals surface area contributed by atoms with Crippen LogP contribution in [0.2, 0.25) is 10.8 Å². The molecule has 0 saturated carbocycles. The van der Waals surface area contributed by atoms with Crippen LogP contribution in [0.3, 0.4) is 0 Å². The molecule has 0 aliphatic heterocycles. The van der Waals surface area contributed by atoms with Gasteiger partial charge in [0.1, 0.15) is 0 Å². The predicted molar refractivity (Wildman–Crippen MR) is 32.1 cm³/mol. The molecule has 0 aliphatic rings. The average Bonchev–Trinajstić information content (AvgIpc) is 1.68. The molecule has 0 nitrogen and oxygen atoms in total. The van der Waals surface area contributed by atoms with E-state index in [4.69, 9.17) is 0 Å². The van der Waals surface area contributed by atoms with Gasteiger partial charge in [0.15, 0.2) is 0 Å². The van der Waals surface area contributed by atoms with Crippen molar-refractivity contribution < 1.29 is 15.5 Å². The van der Waals surface area contributed by atoms with Crippen molar-refractivity contribution in [2.45, 2.75) is 10.8 Å². The molecule has 0 aromatic carbocycles. The van der Waals surface area contributed by atoms with E-state index in [-0.39, 0.29) is 0 Å². The maximum atomic E-state index is 3.70. The minimum absolute atomic E-state index is 1.22. The SMILES string of the molecule is C=[CH][Pd]([CH3])([CH3])[CH]=C. The third-order valence-corrected chi connectivity index (χ3v) is 3.94. The monoisotopic (exact) mass is 190 g/mol. The van der Waals surface area contributed by atoms with Crippen molar-refractivity contribution in [2.24, 2.45) is 0 Å². The van der Waals surface area contributed by atoms with Gasteiger partial charge in [0.05, 0.1) is 0 Å². The first-order chi connectivity index (χ1) is 3.12. The van der Waals surface area contributed by atoms with Gasteiger partial charge in [0.25, 0.3) is 0 Å². The summed E-state index contributed by atoms with van der Waals surface area (Å²) in [7, 11) is 0. The second kappa shape index (κ2) is 2.45. The topological polar surface area (TPSA) is 0 Å². The number of rotatable bonds is 2. The Morgan fingerprint density at radius 2 is 1.43 bits per heavy atom. The van der Waals surface area contributed by atoms with Gasteiger partial charge in [0, 0.05) is 0 Å². The fourth-order valence-electron chi connectivity index (χ4n) is 0.0527. The summed E-state index contributed by atoms with van der Waals surface area (Å²) in [5.41, 5.74) is 0. The van der Waals surface area contributed by atoms with Crippen LogP contribution in [-0.4, -0.2) is 0 Å². The Morgan fingerprint density at radius 3 is 1.43 bits per heavy atom. The first-order valence-corrected chi connectivity index (χ1v) is 6.72. The van der Waals surface area contributed by atoms with Crippen molar-refractivity contribution in [2.75, 3.05) is 0 Å².